The lowest BCUT2D eigenvalue weighted by molar-refractivity contribution is 0.396. The molecule has 0 aliphatic heterocycles. The molecule has 19 heavy (non-hydrogen) atoms. The summed E-state index contributed by atoms with van der Waals surface area (Å²) in [6, 6.07) is 3.77. The second-order valence-electron chi connectivity index (χ2n) is 4.18. The van der Waals surface area contributed by atoms with Gasteiger partial charge in [-0.3, -0.25) is 0 Å². The highest BCUT2D eigenvalue weighted by molar-refractivity contribution is 7.89. The number of aryl methyl sites for hydroxylation is 1. The highest BCUT2D eigenvalue weighted by Gasteiger charge is 2.10. The molecule has 0 atom stereocenters. The number of benzene rings is 1. The molecule has 1 aromatic rings. The fourth-order valence-electron chi connectivity index (χ4n) is 1.75. The van der Waals surface area contributed by atoms with Gasteiger partial charge in [-0.05, 0) is 43.5 Å². The van der Waals surface area contributed by atoms with Crippen molar-refractivity contribution in [2.75, 3.05) is 26.5 Å². The number of sulfonamides is 1. The monoisotopic (exact) mass is 287 g/mol. The van der Waals surface area contributed by atoms with Gasteiger partial charge in [0.25, 0.3) is 0 Å². The van der Waals surface area contributed by atoms with E-state index in [-0.39, 0.29) is 5.75 Å². The van der Waals surface area contributed by atoms with Gasteiger partial charge in [0.05, 0.1) is 20.0 Å². The molecule has 6 heteroatoms. The number of ether oxygens (including phenoxy) is 2. The van der Waals surface area contributed by atoms with Crippen molar-refractivity contribution in [1.29, 1.82) is 0 Å². The molecule has 1 rings (SSSR count). The molecule has 0 aliphatic rings. The molecular formula is C13H21NO4S. The van der Waals surface area contributed by atoms with Crippen LogP contribution in [0.5, 0.6) is 11.5 Å². The van der Waals surface area contributed by atoms with Gasteiger partial charge in [0.15, 0.2) is 0 Å². The standard InChI is InChI=1S/C13H21NO4S/c1-5-19(15,16)14-7-6-11-9-12(17-3)10(2)8-13(11)18-4/h8-9,14H,5-7H2,1-4H3. The molecule has 0 radical (unpaired) electrons. The number of nitrogens with one attached hydrogen (secondary N) is 1. The Balaban J connectivity index is 2.82. The van der Waals surface area contributed by atoms with Crippen LogP contribution < -0.4 is 14.2 Å². The third-order valence-corrected chi connectivity index (χ3v) is 4.30. The molecular weight excluding hydrogens is 266 g/mol. The summed E-state index contributed by atoms with van der Waals surface area (Å²) in [6.07, 6.45) is 0.555. The molecule has 0 saturated heterocycles. The van der Waals surface area contributed by atoms with Crippen LogP contribution in [0.15, 0.2) is 12.1 Å². The Morgan fingerprint density at radius 1 is 1.16 bits per heavy atom. The van der Waals surface area contributed by atoms with Gasteiger partial charge in [-0.25, -0.2) is 13.1 Å². The molecule has 0 spiro atoms. The van der Waals surface area contributed by atoms with E-state index in [9.17, 15) is 8.42 Å². The normalized spacial score (nSPS) is 11.4. The van der Waals surface area contributed by atoms with Crippen molar-refractivity contribution in [3.63, 3.8) is 0 Å². The Morgan fingerprint density at radius 3 is 2.32 bits per heavy atom. The van der Waals surface area contributed by atoms with E-state index in [2.05, 4.69) is 4.72 Å². The van der Waals surface area contributed by atoms with Gasteiger partial charge in [0.2, 0.25) is 10.0 Å². The number of hydrogen-bond acceptors (Lipinski definition) is 4. The molecule has 1 aromatic carbocycles. The number of rotatable bonds is 7. The van der Waals surface area contributed by atoms with Crippen molar-refractivity contribution in [3.05, 3.63) is 23.3 Å². The van der Waals surface area contributed by atoms with Crippen molar-refractivity contribution < 1.29 is 17.9 Å². The molecule has 0 unspecified atom stereocenters. The Kier molecular flexibility index (Phi) is 5.62. The van der Waals surface area contributed by atoms with Crippen LogP contribution >= 0.6 is 0 Å². The summed E-state index contributed by atoms with van der Waals surface area (Å²) in [7, 11) is 0.0526. The molecule has 0 aliphatic carbocycles. The minimum absolute atomic E-state index is 0.0847. The van der Waals surface area contributed by atoms with Crippen LogP contribution in [0.3, 0.4) is 0 Å². The molecule has 1 N–H and O–H groups in total. The Labute approximate surface area is 115 Å². The summed E-state index contributed by atoms with van der Waals surface area (Å²) in [4.78, 5) is 0. The Morgan fingerprint density at radius 2 is 1.79 bits per heavy atom. The highest BCUT2D eigenvalue weighted by atomic mass is 32.2. The van der Waals surface area contributed by atoms with Gasteiger partial charge in [-0.1, -0.05) is 0 Å². The lowest BCUT2D eigenvalue weighted by Gasteiger charge is -2.13. The van der Waals surface area contributed by atoms with Gasteiger partial charge >= 0.3 is 0 Å². The maximum Gasteiger partial charge on any atom is 0.211 e. The molecule has 0 aromatic heterocycles. The first-order chi connectivity index (χ1) is 8.93. The van der Waals surface area contributed by atoms with Gasteiger partial charge in [-0.2, -0.15) is 0 Å². The summed E-state index contributed by atoms with van der Waals surface area (Å²) in [5.74, 6) is 1.60. The topological polar surface area (TPSA) is 64.6 Å². The van der Waals surface area contributed by atoms with Crippen molar-refractivity contribution in [3.8, 4) is 11.5 Å². The average Bonchev–Trinajstić information content (AvgIpc) is 2.39. The molecule has 108 valence electrons. The fraction of sp³-hybridized carbons (Fsp3) is 0.538. The molecule has 0 fully saturated rings. The second kappa shape index (κ2) is 6.77. The predicted molar refractivity (Wildman–Crippen MR) is 75.5 cm³/mol. The Hall–Kier alpha value is -1.27. The van der Waals surface area contributed by atoms with E-state index in [0.717, 1.165) is 22.6 Å². The minimum Gasteiger partial charge on any atom is -0.496 e. The first-order valence-corrected chi connectivity index (χ1v) is 7.77. The van der Waals surface area contributed by atoms with Crippen LogP contribution in [0, 0.1) is 6.92 Å². The quantitative estimate of drug-likeness (QED) is 0.825. The summed E-state index contributed by atoms with van der Waals surface area (Å²) in [6.45, 7) is 3.89. The smallest absolute Gasteiger partial charge is 0.211 e. The van der Waals surface area contributed by atoms with Crippen LogP contribution in [-0.2, 0) is 16.4 Å². The summed E-state index contributed by atoms with van der Waals surface area (Å²) >= 11 is 0. The predicted octanol–water partition coefficient (Wildman–Crippen LogP) is 1.49. The highest BCUT2D eigenvalue weighted by Crippen LogP contribution is 2.28. The van der Waals surface area contributed by atoms with Crippen molar-refractivity contribution in [1.82, 2.24) is 4.72 Å². The van der Waals surface area contributed by atoms with Gasteiger partial charge in [0, 0.05) is 6.54 Å². The number of hydrogen-bond donors (Lipinski definition) is 1. The maximum atomic E-state index is 11.4. The van der Waals surface area contributed by atoms with Crippen LogP contribution in [0.1, 0.15) is 18.1 Å². The molecule has 0 heterocycles. The zero-order valence-corrected chi connectivity index (χ0v) is 12.6. The third kappa shape index (κ3) is 4.40. The van der Waals surface area contributed by atoms with Gasteiger partial charge in [0.1, 0.15) is 11.5 Å². The van der Waals surface area contributed by atoms with E-state index < -0.39 is 10.0 Å². The largest absolute Gasteiger partial charge is 0.496 e. The lowest BCUT2D eigenvalue weighted by Crippen LogP contribution is -2.27. The van der Waals surface area contributed by atoms with Crippen molar-refractivity contribution in [2.45, 2.75) is 20.3 Å². The van der Waals surface area contributed by atoms with E-state index in [1.165, 1.54) is 0 Å². The summed E-state index contributed by atoms with van der Waals surface area (Å²) < 4.78 is 35.8. The SMILES string of the molecule is CCS(=O)(=O)NCCc1cc(OC)c(C)cc1OC. The van der Waals surface area contributed by atoms with E-state index in [0.29, 0.717) is 13.0 Å². The van der Waals surface area contributed by atoms with E-state index in [1.807, 2.05) is 19.1 Å². The van der Waals surface area contributed by atoms with Crippen molar-refractivity contribution >= 4 is 10.0 Å². The van der Waals surface area contributed by atoms with Crippen LogP contribution in [0.4, 0.5) is 0 Å². The first kappa shape index (κ1) is 15.8. The first-order valence-electron chi connectivity index (χ1n) is 6.12. The minimum atomic E-state index is -3.16. The molecule has 0 bridgehead atoms. The summed E-state index contributed by atoms with van der Waals surface area (Å²) in [5, 5.41) is 0. The van der Waals surface area contributed by atoms with Crippen LogP contribution in [-0.4, -0.2) is 34.9 Å². The maximum absolute atomic E-state index is 11.4. The van der Waals surface area contributed by atoms with Gasteiger partial charge in [-0.15, -0.1) is 0 Å². The average molecular weight is 287 g/mol. The molecule has 5 nitrogen and oxygen atoms in total. The lowest BCUT2D eigenvalue weighted by atomic mass is 10.1. The summed E-state index contributed by atoms with van der Waals surface area (Å²) in [5.41, 5.74) is 1.90. The second-order valence-corrected chi connectivity index (χ2v) is 6.28. The Bertz CT molecular complexity index is 526. The van der Waals surface area contributed by atoms with E-state index >= 15 is 0 Å². The fourth-order valence-corrected chi connectivity index (χ4v) is 2.37. The van der Waals surface area contributed by atoms with Crippen molar-refractivity contribution in [2.24, 2.45) is 0 Å². The van der Waals surface area contributed by atoms with E-state index in [4.69, 9.17) is 9.47 Å². The van der Waals surface area contributed by atoms with Crippen LogP contribution in [0.25, 0.3) is 0 Å². The van der Waals surface area contributed by atoms with E-state index in [1.54, 1.807) is 21.1 Å². The molecule has 0 saturated carbocycles. The zero-order chi connectivity index (χ0) is 14.5. The molecule has 0 amide bonds. The number of methoxy groups -OCH3 is 2. The van der Waals surface area contributed by atoms with Crippen LogP contribution in [0.2, 0.25) is 0 Å². The van der Waals surface area contributed by atoms with Gasteiger partial charge < -0.3 is 9.47 Å². The zero-order valence-electron chi connectivity index (χ0n) is 11.8. The third-order valence-electron chi connectivity index (χ3n) is 2.89.